The summed E-state index contributed by atoms with van der Waals surface area (Å²) in [7, 11) is 4.13. The fraction of sp³-hybridized carbons (Fsp3) is 0.561. The second kappa shape index (κ2) is 17.5. The zero-order chi connectivity index (χ0) is 36.6. The number of nitrogens with one attached hydrogen (secondary N) is 1. The Labute approximate surface area is 308 Å². The first kappa shape index (κ1) is 37.5. The highest BCUT2D eigenvalue weighted by atomic mass is 16.6. The van der Waals surface area contributed by atoms with Gasteiger partial charge < -0.3 is 24.8 Å². The number of hydrogen-bond donors (Lipinski definition) is 1. The van der Waals surface area contributed by atoms with Gasteiger partial charge in [0.2, 0.25) is 5.91 Å². The minimum absolute atomic E-state index is 0.0676. The molecule has 1 N–H and O–H groups in total. The normalized spacial score (nSPS) is 19.2. The number of aryl methyl sites for hydroxylation is 3. The van der Waals surface area contributed by atoms with Gasteiger partial charge >= 0.3 is 6.09 Å². The van der Waals surface area contributed by atoms with E-state index in [1.54, 1.807) is 4.90 Å². The number of aromatic nitrogens is 2. The summed E-state index contributed by atoms with van der Waals surface area (Å²) in [6.07, 6.45) is 11.9. The van der Waals surface area contributed by atoms with Gasteiger partial charge in [-0.15, -0.1) is 0 Å². The molecule has 3 aliphatic rings. The van der Waals surface area contributed by atoms with Gasteiger partial charge in [0.25, 0.3) is 5.91 Å². The number of likely N-dealkylation sites (N-methyl/N-ethyl adjacent to an activating group) is 1. The van der Waals surface area contributed by atoms with E-state index in [9.17, 15) is 14.4 Å². The molecule has 0 bridgehead atoms. The van der Waals surface area contributed by atoms with E-state index in [2.05, 4.69) is 64.5 Å². The first-order chi connectivity index (χ1) is 25.1. The summed E-state index contributed by atoms with van der Waals surface area (Å²) in [6.45, 7) is 10.5. The molecule has 0 aliphatic carbocycles. The highest BCUT2D eigenvalue weighted by Crippen LogP contribution is 2.26. The van der Waals surface area contributed by atoms with Crippen molar-refractivity contribution in [3.8, 4) is 0 Å². The molecule has 3 aliphatic heterocycles. The van der Waals surface area contributed by atoms with Crippen molar-refractivity contribution < 1.29 is 19.1 Å². The predicted octanol–water partition coefficient (Wildman–Crippen LogP) is 5.42. The molecule has 4 heterocycles. The van der Waals surface area contributed by atoms with Crippen molar-refractivity contribution in [3.05, 3.63) is 71.4 Å². The van der Waals surface area contributed by atoms with Crippen molar-refractivity contribution in [2.75, 3.05) is 64.7 Å². The molecule has 11 heteroatoms. The highest BCUT2D eigenvalue weighted by Gasteiger charge is 2.34. The minimum Gasteiger partial charge on any atom is -0.436 e. The molecule has 6 rings (SSSR count). The van der Waals surface area contributed by atoms with E-state index in [4.69, 9.17) is 4.74 Å². The van der Waals surface area contributed by atoms with Crippen LogP contribution in [0.1, 0.15) is 62.1 Å². The summed E-state index contributed by atoms with van der Waals surface area (Å²) in [4.78, 5) is 48.2. The average molecular weight is 712 g/mol. The number of likely N-dealkylation sites (tertiary alicyclic amines) is 2. The van der Waals surface area contributed by atoms with Crippen LogP contribution >= 0.6 is 0 Å². The van der Waals surface area contributed by atoms with Crippen molar-refractivity contribution >= 4 is 34.5 Å². The van der Waals surface area contributed by atoms with Crippen LogP contribution in [0.25, 0.3) is 10.9 Å². The Bertz CT molecular complexity index is 1720. The van der Waals surface area contributed by atoms with Crippen LogP contribution < -0.4 is 5.32 Å². The molecule has 0 saturated carbocycles. The van der Waals surface area contributed by atoms with Gasteiger partial charge in [-0.1, -0.05) is 36.4 Å². The summed E-state index contributed by atoms with van der Waals surface area (Å²) in [5.41, 5.74) is 5.11. The van der Waals surface area contributed by atoms with E-state index in [0.717, 1.165) is 98.0 Å². The number of amides is 3. The topological polar surface area (TPSA) is 103 Å². The maximum atomic E-state index is 14.2. The van der Waals surface area contributed by atoms with E-state index in [-0.39, 0.29) is 11.8 Å². The number of benzene rings is 2. The molecule has 3 amide bonds. The van der Waals surface area contributed by atoms with Crippen molar-refractivity contribution in [1.82, 2.24) is 29.4 Å². The number of piperidine rings is 2. The number of hydrogen-bond acceptors (Lipinski definition) is 7. The molecule has 1 unspecified atom stereocenters. The molecule has 11 nitrogen and oxygen atoms in total. The van der Waals surface area contributed by atoms with Gasteiger partial charge in [-0.25, -0.2) is 4.79 Å². The molecule has 0 radical (unpaired) electrons. The summed E-state index contributed by atoms with van der Waals surface area (Å²) >= 11 is 0. The molecule has 2 aromatic carbocycles. The zero-order valence-corrected chi connectivity index (χ0v) is 31.6. The maximum Gasteiger partial charge on any atom is 0.410 e. The number of anilines is 1. The van der Waals surface area contributed by atoms with Crippen molar-refractivity contribution in [1.29, 1.82) is 0 Å². The fourth-order valence-electron chi connectivity index (χ4n) is 8.28. The fourth-order valence-corrected chi connectivity index (χ4v) is 8.28. The number of carbonyl (C=O) groups excluding carboxylic acids is 3. The third-order valence-electron chi connectivity index (χ3n) is 11.2. The van der Waals surface area contributed by atoms with Gasteiger partial charge in [-0.05, 0) is 107 Å². The lowest BCUT2D eigenvalue weighted by Crippen LogP contribution is -2.51. The molecule has 3 saturated heterocycles. The molecular weight excluding hydrogens is 654 g/mol. The monoisotopic (exact) mass is 711 g/mol. The number of nitrogens with zero attached hydrogens (tertiary/aromatic N) is 6. The number of fused-ring (bicyclic) bond motifs is 1. The van der Waals surface area contributed by atoms with Gasteiger partial charge in [0, 0.05) is 76.8 Å². The number of allylic oxidation sites excluding steroid dienone is 2. The van der Waals surface area contributed by atoms with Crippen LogP contribution in [0.3, 0.4) is 0 Å². The standard InChI is InChI=1S/C41H57N7O4/c1-30-26-33(27-35-29-42-45(4)39(30)35)28-38(40(50)47-22-16-36(17-23-47)46-19-9-18-44(3)24-25-46)52-41(51)48-20-14-32(15-21-48)10-5-6-11-34-12-7-8-13-37(34)43-31(2)49/h5,7-8,10,12-13,26-27,29,32,36,38H,6,9,11,14-25,28H2,1-4H3,(H,43,49)/b10-5+. The third kappa shape index (κ3) is 9.60. The molecule has 280 valence electrons. The average Bonchev–Trinajstić information content (AvgIpc) is 3.37. The van der Waals surface area contributed by atoms with Crippen LogP contribution in [-0.4, -0.2) is 119 Å². The van der Waals surface area contributed by atoms with Crippen LogP contribution in [0, 0.1) is 12.8 Å². The van der Waals surface area contributed by atoms with Crippen LogP contribution in [0.15, 0.2) is 54.7 Å². The Balaban J connectivity index is 1.05. The SMILES string of the molecule is CC(=O)Nc1ccccc1CC/C=C/C1CCN(C(=O)OC(Cc2cc(C)c3c(cnn3C)c2)C(=O)N2CCC(N3CCCN(C)CC3)CC2)CC1. The van der Waals surface area contributed by atoms with E-state index >= 15 is 0 Å². The molecule has 1 atom stereocenters. The molecule has 1 aromatic heterocycles. The molecule has 0 spiro atoms. The van der Waals surface area contributed by atoms with Crippen LogP contribution in [0.5, 0.6) is 0 Å². The lowest BCUT2D eigenvalue weighted by molar-refractivity contribution is -0.142. The number of ether oxygens (including phenoxy) is 1. The highest BCUT2D eigenvalue weighted by molar-refractivity contribution is 5.89. The summed E-state index contributed by atoms with van der Waals surface area (Å²) < 4.78 is 8.04. The van der Waals surface area contributed by atoms with Gasteiger partial charge in [-0.3, -0.25) is 19.2 Å². The Hall–Kier alpha value is -4.22. The Morgan fingerprint density at radius 1 is 0.942 bits per heavy atom. The van der Waals surface area contributed by atoms with Crippen LogP contribution in [-0.2, 0) is 34.2 Å². The molecule has 3 fully saturated rings. The van der Waals surface area contributed by atoms with E-state index in [1.807, 2.05) is 41.0 Å². The lowest BCUT2D eigenvalue weighted by atomic mass is 9.96. The van der Waals surface area contributed by atoms with Crippen molar-refractivity contribution in [3.63, 3.8) is 0 Å². The quantitative estimate of drug-likeness (QED) is 0.281. The third-order valence-corrected chi connectivity index (χ3v) is 11.2. The predicted molar refractivity (Wildman–Crippen MR) is 205 cm³/mol. The Morgan fingerprint density at radius 3 is 2.46 bits per heavy atom. The zero-order valence-electron chi connectivity index (χ0n) is 31.6. The smallest absolute Gasteiger partial charge is 0.410 e. The lowest BCUT2D eigenvalue weighted by Gasteiger charge is -2.39. The summed E-state index contributed by atoms with van der Waals surface area (Å²) in [5.74, 6) is 0.221. The molecular formula is C41H57N7O4. The molecule has 52 heavy (non-hydrogen) atoms. The second-order valence-electron chi connectivity index (χ2n) is 15.1. The minimum atomic E-state index is -0.887. The first-order valence-electron chi connectivity index (χ1n) is 19.2. The Kier molecular flexibility index (Phi) is 12.7. The van der Waals surface area contributed by atoms with Crippen molar-refractivity contribution in [2.24, 2.45) is 13.0 Å². The second-order valence-corrected chi connectivity index (χ2v) is 15.1. The number of carbonyl (C=O) groups is 3. The van der Waals surface area contributed by atoms with Gasteiger partial charge in [-0.2, -0.15) is 5.10 Å². The maximum absolute atomic E-state index is 14.2. The van der Waals surface area contributed by atoms with E-state index in [0.29, 0.717) is 44.6 Å². The number of rotatable bonds is 10. The largest absolute Gasteiger partial charge is 0.436 e. The van der Waals surface area contributed by atoms with Gasteiger partial charge in [0.1, 0.15) is 0 Å². The molecule has 3 aromatic rings. The van der Waals surface area contributed by atoms with Crippen LogP contribution in [0.2, 0.25) is 0 Å². The van der Waals surface area contributed by atoms with Crippen LogP contribution in [0.4, 0.5) is 10.5 Å². The van der Waals surface area contributed by atoms with Crippen molar-refractivity contribution in [2.45, 2.75) is 77.4 Å². The van der Waals surface area contributed by atoms with E-state index < -0.39 is 12.2 Å². The van der Waals surface area contributed by atoms with Gasteiger partial charge in [0.05, 0.1) is 11.7 Å². The summed E-state index contributed by atoms with van der Waals surface area (Å²) in [5, 5.41) is 8.37. The first-order valence-corrected chi connectivity index (χ1v) is 19.2. The van der Waals surface area contributed by atoms with Gasteiger partial charge in [0.15, 0.2) is 6.10 Å². The Morgan fingerprint density at radius 2 is 1.69 bits per heavy atom. The van der Waals surface area contributed by atoms with E-state index in [1.165, 1.54) is 13.3 Å². The number of para-hydroxylation sites is 1. The summed E-state index contributed by atoms with van der Waals surface area (Å²) in [6, 6.07) is 12.6.